The normalized spacial score (nSPS) is 19.5. The van der Waals surface area contributed by atoms with Crippen molar-refractivity contribution in [3.63, 3.8) is 0 Å². The zero-order valence-electron chi connectivity index (χ0n) is 22.7. The van der Waals surface area contributed by atoms with Crippen LogP contribution in [-0.2, 0) is 78.1 Å². The van der Waals surface area contributed by atoms with Gasteiger partial charge in [-0.2, -0.15) is 0 Å². The summed E-state index contributed by atoms with van der Waals surface area (Å²) in [4.78, 5) is 0. The van der Waals surface area contributed by atoms with Crippen molar-refractivity contribution in [1.29, 1.82) is 0 Å². The van der Waals surface area contributed by atoms with Gasteiger partial charge in [0.1, 0.15) is 17.3 Å². The maximum absolute atomic E-state index is 3.18. The summed E-state index contributed by atoms with van der Waals surface area (Å²) in [5.41, 5.74) is 0. The first kappa shape index (κ1) is 47.8. The Hall–Kier alpha value is 2.64. The van der Waals surface area contributed by atoms with E-state index in [1.165, 1.54) is 59.2 Å². The molecule has 0 aromatic rings. The molecule has 0 aliphatic heterocycles. The van der Waals surface area contributed by atoms with Crippen LogP contribution in [-0.4, -0.2) is 17.3 Å². The second kappa shape index (κ2) is 28.2. The Bertz CT molecular complexity index is 240. The van der Waals surface area contributed by atoms with E-state index in [1.807, 2.05) is 20.8 Å². The van der Waals surface area contributed by atoms with E-state index >= 15 is 0 Å². The molecule has 0 amide bonds. The first-order chi connectivity index (χ1) is 13.3. The molecule has 196 valence electrons. The van der Waals surface area contributed by atoms with E-state index < -0.39 is 0 Å². The van der Waals surface area contributed by atoms with Crippen LogP contribution in [0.2, 0.25) is 0 Å². The molecule has 6 heteroatoms. The minimum atomic E-state index is 0. The van der Waals surface area contributed by atoms with Crippen LogP contribution in [0.1, 0.15) is 90.0 Å². The van der Waals surface area contributed by atoms with Crippen LogP contribution >= 0.6 is 0 Å². The molecule has 0 heterocycles. The predicted molar refractivity (Wildman–Crippen MR) is 151 cm³/mol. The average molecular weight is 880 g/mol. The molecule has 12 radical (unpaired) electrons. The third-order valence-electron chi connectivity index (χ3n) is 5.62. The van der Waals surface area contributed by atoms with Crippen LogP contribution in [0.25, 0.3) is 0 Å². The Morgan fingerprint density at radius 2 is 0.375 bits per heavy atom. The van der Waals surface area contributed by atoms with Gasteiger partial charge in [-0.05, 0) is 118 Å². The number of rotatable bonds is 0. The van der Waals surface area contributed by atoms with Crippen molar-refractivity contribution in [3.05, 3.63) is 59.2 Å². The van der Waals surface area contributed by atoms with Crippen LogP contribution in [0.4, 0.5) is 0 Å². The summed E-state index contributed by atoms with van der Waals surface area (Å²) in [7, 11) is 0. The Morgan fingerprint density at radius 3 is 0.406 bits per heavy atom. The number of hydrogen-bond donors (Lipinski definition) is 0. The molecule has 0 N–H and O–H groups in total. The van der Waals surface area contributed by atoms with E-state index in [0.29, 0.717) is 0 Å². The summed E-state index contributed by atoms with van der Waals surface area (Å²) in [6.45, 7) is 28.1. The molecule has 2 fully saturated rings. The third kappa shape index (κ3) is 18.0. The zero-order valence-corrected chi connectivity index (χ0v) is 31.2. The largest absolute Gasteiger partial charge is 1.00 e. The van der Waals surface area contributed by atoms with Gasteiger partial charge in [-0.15, -0.1) is 0 Å². The van der Waals surface area contributed by atoms with Crippen molar-refractivity contribution in [2.24, 2.45) is 0 Å². The first-order valence-electron chi connectivity index (χ1n) is 10.7. The molecule has 2 aliphatic carbocycles. The predicted octanol–water partition coefficient (Wildman–Crippen LogP) is 3.00. The van der Waals surface area contributed by atoms with Gasteiger partial charge < -0.3 is 12.4 Å². The molecule has 0 aromatic heterocycles. The van der Waals surface area contributed by atoms with Gasteiger partial charge in [0.2, 0.25) is 0 Å². The van der Waals surface area contributed by atoms with E-state index in [4.69, 9.17) is 0 Å². The molecule has 32 heavy (non-hydrogen) atoms. The molecular formula is C26H51ClIr2S3+2. The van der Waals surface area contributed by atoms with Gasteiger partial charge in [0.25, 0.3) is 0 Å². The van der Waals surface area contributed by atoms with Crippen molar-refractivity contribution < 1.29 is 52.6 Å². The van der Waals surface area contributed by atoms with Crippen molar-refractivity contribution >= 4 is 37.9 Å². The van der Waals surface area contributed by atoms with Gasteiger partial charge >= 0.3 is 0 Å². The number of halogens is 1. The molecular weight excluding hydrogens is 828 g/mol. The molecule has 2 rings (SSSR count). The summed E-state index contributed by atoms with van der Waals surface area (Å²) >= 11 is 9.55. The van der Waals surface area contributed by atoms with E-state index in [2.05, 4.69) is 107 Å². The summed E-state index contributed by atoms with van der Waals surface area (Å²) in [6.07, 6.45) is 0. The average Bonchev–Trinajstić information content (AvgIpc) is 2.94. The van der Waals surface area contributed by atoms with Crippen molar-refractivity contribution in [1.82, 2.24) is 0 Å². The van der Waals surface area contributed by atoms with Crippen molar-refractivity contribution in [2.45, 2.75) is 90.0 Å². The van der Waals surface area contributed by atoms with Gasteiger partial charge in [0.15, 0.2) is 0 Å². The molecule has 0 atom stereocenters. The second-order valence-electron chi connectivity index (χ2n) is 7.31. The fourth-order valence-electron chi connectivity index (χ4n) is 2.81. The van der Waals surface area contributed by atoms with E-state index in [9.17, 15) is 0 Å². The first-order valence-corrected chi connectivity index (χ1v) is 12.8. The van der Waals surface area contributed by atoms with Gasteiger partial charge in [-0.3, -0.25) is 0 Å². The molecule has 0 nitrogen and oxygen atoms in total. The maximum atomic E-state index is 3.18. The molecule has 0 aromatic carbocycles. The Morgan fingerprint density at radius 1 is 0.344 bits per heavy atom. The Balaban J connectivity index is -0.0000000725. The summed E-state index contributed by atoms with van der Waals surface area (Å²) in [5, 5.41) is 0. The monoisotopic (exact) mass is 880 g/mol. The van der Waals surface area contributed by atoms with E-state index in [-0.39, 0.29) is 52.6 Å². The third-order valence-corrected chi connectivity index (χ3v) is 5.62. The Labute approximate surface area is 254 Å². The standard InChI is InChI=1S/2C10H15.3C2H6S.ClH.2Ir/c2*1-6-7(2)9(4)10(5)8(6)3;3*1-2-3;;;/h2*1-5H3;3*3H,2H2,1H3;1H;;/p+2. The van der Waals surface area contributed by atoms with Crippen molar-refractivity contribution in [2.75, 3.05) is 17.3 Å². The SMILES string of the molecule is CC[SH2+].CC[SH2+].CC[SH2+].C[C]1[C](C)[C](C)[C](C)[C]1C.C[C]1[C](C)[C](C)[C](C)[C]1C.[Cl-].[Ir].[Ir]. The molecule has 2 saturated carbocycles. The fourth-order valence-corrected chi connectivity index (χ4v) is 2.81. The zero-order chi connectivity index (χ0) is 23.9. The molecule has 0 saturated heterocycles. The molecule has 0 unspecified atom stereocenters. The van der Waals surface area contributed by atoms with Crippen LogP contribution < -0.4 is 12.4 Å². The topological polar surface area (TPSA) is 0 Å². The second-order valence-corrected chi connectivity index (χ2v) is 9.43. The quantitative estimate of drug-likeness (QED) is 0.329. The van der Waals surface area contributed by atoms with E-state index in [0.717, 1.165) is 17.3 Å². The van der Waals surface area contributed by atoms with Gasteiger partial charge in [0, 0.05) is 40.2 Å². The van der Waals surface area contributed by atoms with Gasteiger partial charge in [0.05, 0.1) is 0 Å². The van der Waals surface area contributed by atoms with Gasteiger partial charge in [-0.25, -0.2) is 0 Å². The maximum Gasteiger partial charge on any atom is 0.100 e. The molecule has 2 aliphatic rings. The molecule has 0 spiro atoms. The van der Waals surface area contributed by atoms with E-state index in [1.54, 1.807) is 0 Å². The summed E-state index contributed by atoms with van der Waals surface area (Å²) in [5.74, 6) is 17.8. The molecule has 0 bridgehead atoms. The van der Waals surface area contributed by atoms with Crippen LogP contribution in [0, 0.1) is 59.2 Å². The van der Waals surface area contributed by atoms with Crippen LogP contribution in [0.5, 0.6) is 0 Å². The van der Waals surface area contributed by atoms with Crippen molar-refractivity contribution in [3.8, 4) is 0 Å². The van der Waals surface area contributed by atoms with Crippen LogP contribution in [0.15, 0.2) is 0 Å². The minimum Gasteiger partial charge on any atom is -1.00 e. The minimum absolute atomic E-state index is 0. The van der Waals surface area contributed by atoms with Crippen LogP contribution in [0.3, 0.4) is 0 Å². The Kier molecular flexibility index (Phi) is 42.1. The number of hydrogen-bond acceptors (Lipinski definition) is 0. The smallest absolute Gasteiger partial charge is 0.100 e. The fraction of sp³-hybridized carbons (Fsp3) is 0.615. The summed E-state index contributed by atoms with van der Waals surface area (Å²) in [6, 6.07) is 0. The summed E-state index contributed by atoms with van der Waals surface area (Å²) < 4.78 is 0. The van der Waals surface area contributed by atoms with Gasteiger partial charge in [-0.1, -0.05) is 69.2 Å².